The summed E-state index contributed by atoms with van der Waals surface area (Å²) in [6.45, 7) is -0.0974. The molecule has 1 aromatic carbocycles. The van der Waals surface area contributed by atoms with Crippen LogP contribution in [0.15, 0.2) is 18.2 Å². The first-order valence-electron chi connectivity index (χ1n) is 5.50. The summed E-state index contributed by atoms with van der Waals surface area (Å²) in [5.41, 5.74) is 1.71. The van der Waals surface area contributed by atoms with Crippen LogP contribution < -0.4 is 10.1 Å². The maximum absolute atomic E-state index is 11.4. The van der Waals surface area contributed by atoms with Gasteiger partial charge < -0.3 is 19.9 Å². The van der Waals surface area contributed by atoms with Crippen molar-refractivity contribution in [1.29, 1.82) is 0 Å². The molecule has 0 fully saturated rings. The summed E-state index contributed by atoms with van der Waals surface area (Å²) < 4.78 is 10.0. The molecule has 96 valence electrons. The molecule has 0 radical (unpaired) electrons. The Morgan fingerprint density at radius 2 is 2.22 bits per heavy atom. The quantitative estimate of drug-likeness (QED) is 0.803. The summed E-state index contributed by atoms with van der Waals surface area (Å²) in [5.74, 6) is -0.636. The van der Waals surface area contributed by atoms with Crippen LogP contribution in [0, 0.1) is 0 Å². The minimum Gasteiger partial charge on any atom is -0.493 e. The van der Waals surface area contributed by atoms with Crippen molar-refractivity contribution in [2.75, 3.05) is 25.1 Å². The van der Waals surface area contributed by atoms with Gasteiger partial charge in [0.05, 0.1) is 6.61 Å². The van der Waals surface area contributed by atoms with E-state index >= 15 is 0 Å². The third kappa shape index (κ3) is 3.21. The molecule has 6 nitrogen and oxygen atoms in total. The number of aliphatic carboxylic acids is 1. The number of ether oxygens (including phenoxy) is 2. The van der Waals surface area contributed by atoms with Gasteiger partial charge in [0, 0.05) is 12.1 Å². The summed E-state index contributed by atoms with van der Waals surface area (Å²) in [6.07, 6.45) is 0.828. The highest BCUT2D eigenvalue weighted by molar-refractivity contribution is 5.92. The number of carboxylic acids is 1. The van der Waals surface area contributed by atoms with Crippen molar-refractivity contribution in [1.82, 2.24) is 0 Å². The van der Waals surface area contributed by atoms with E-state index in [9.17, 15) is 9.59 Å². The predicted molar refractivity (Wildman–Crippen MR) is 62.7 cm³/mol. The normalized spacial score (nSPS) is 12.7. The minimum absolute atomic E-state index is 0.278. The maximum Gasteiger partial charge on any atom is 0.329 e. The Labute approximate surface area is 104 Å². The Balaban J connectivity index is 1.85. The van der Waals surface area contributed by atoms with Gasteiger partial charge in [-0.1, -0.05) is 0 Å². The first-order valence-corrected chi connectivity index (χ1v) is 5.50. The molecule has 1 heterocycles. The van der Waals surface area contributed by atoms with Crippen LogP contribution in [0.5, 0.6) is 5.75 Å². The van der Waals surface area contributed by atoms with Crippen molar-refractivity contribution in [2.45, 2.75) is 6.42 Å². The van der Waals surface area contributed by atoms with Gasteiger partial charge in [-0.2, -0.15) is 0 Å². The van der Waals surface area contributed by atoms with Crippen molar-refractivity contribution in [3.8, 4) is 5.75 Å². The van der Waals surface area contributed by atoms with Crippen LogP contribution in [0.4, 0.5) is 5.69 Å². The van der Waals surface area contributed by atoms with Gasteiger partial charge in [-0.25, -0.2) is 4.79 Å². The second kappa shape index (κ2) is 5.50. The molecular weight excluding hydrogens is 238 g/mol. The fourth-order valence-electron chi connectivity index (χ4n) is 1.69. The number of nitrogens with one attached hydrogen (secondary N) is 1. The number of fused-ring (bicyclic) bond motifs is 1. The van der Waals surface area contributed by atoms with Crippen LogP contribution in [-0.2, 0) is 20.7 Å². The van der Waals surface area contributed by atoms with Crippen LogP contribution in [0.2, 0.25) is 0 Å². The maximum atomic E-state index is 11.4. The molecule has 0 aliphatic carbocycles. The molecule has 1 aliphatic heterocycles. The Morgan fingerprint density at radius 1 is 1.39 bits per heavy atom. The van der Waals surface area contributed by atoms with Gasteiger partial charge in [0.25, 0.3) is 0 Å². The lowest BCUT2D eigenvalue weighted by Crippen LogP contribution is -2.20. The van der Waals surface area contributed by atoms with Gasteiger partial charge in [-0.3, -0.25) is 4.79 Å². The Morgan fingerprint density at radius 3 is 3.00 bits per heavy atom. The van der Waals surface area contributed by atoms with Crippen LogP contribution in [0.3, 0.4) is 0 Å². The van der Waals surface area contributed by atoms with E-state index < -0.39 is 12.6 Å². The molecule has 1 aliphatic rings. The Bertz CT molecular complexity index is 472. The topological polar surface area (TPSA) is 84.9 Å². The van der Waals surface area contributed by atoms with Gasteiger partial charge in [0.2, 0.25) is 5.91 Å². The third-order valence-corrected chi connectivity index (χ3v) is 2.43. The molecule has 1 amide bonds. The summed E-state index contributed by atoms with van der Waals surface area (Å²) in [6, 6.07) is 5.38. The molecule has 18 heavy (non-hydrogen) atoms. The lowest BCUT2D eigenvalue weighted by molar-refractivity contribution is -0.143. The predicted octanol–water partition coefficient (Wildman–Crippen LogP) is 0.661. The number of rotatable bonds is 5. The van der Waals surface area contributed by atoms with Gasteiger partial charge in [-0.15, -0.1) is 0 Å². The van der Waals surface area contributed by atoms with E-state index in [1.807, 2.05) is 6.07 Å². The van der Waals surface area contributed by atoms with E-state index in [2.05, 4.69) is 10.1 Å². The molecule has 1 aromatic rings. The zero-order chi connectivity index (χ0) is 13.0. The van der Waals surface area contributed by atoms with Crippen LogP contribution in [0.1, 0.15) is 5.56 Å². The Kier molecular flexibility index (Phi) is 3.78. The van der Waals surface area contributed by atoms with E-state index in [1.165, 1.54) is 0 Å². The fraction of sp³-hybridized carbons (Fsp3) is 0.333. The second-order valence-electron chi connectivity index (χ2n) is 3.86. The van der Waals surface area contributed by atoms with Crippen molar-refractivity contribution in [2.24, 2.45) is 0 Å². The average Bonchev–Trinajstić information content (AvgIpc) is 2.75. The summed E-state index contributed by atoms with van der Waals surface area (Å²) in [7, 11) is 0. The molecule has 2 N–H and O–H groups in total. The molecule has 2 rings (SSSR count). The Hall–Kier alpha value is -2.08. The third-order valence-electron chi connectivity index (χ3n) is 2.43. The highest BCUT2D eigenvalue weighted by atomic mass is 16.5. The molecular formula is C12H13NO5. The van der Waals surface area contributed by atoms with E-state index in [-0.39, 0.29) is 12.5 Å². The average molecular weight is 251 g/mol. The number of carbonyl (C=O) groups excluding carboxylic acids is 1. The number of amides is 1. The first kappa shape index (κ1) is 12.4. The van der Waals surface area contributed by atoms with Crippen LogP contribution in [-0.4, -0.2) is 36.8 Å². The second-order valence-corrected chi connectivity index (χ2v) is 3.86. The lowest BCUT2D eigenvalue weighted by Gasteiger charge is -2.06. The number of benzene rings is 1. The number of hydrogen-bond donors (Lipinski definition) is 2. The van der Waals surface area contributed by atoms with Crippen molar-refractivity contribution in [3.05, 3.63) is 23.8 Å². The van der Waals surface area contributed by atoms with E-state index in [1.54, 1.807) is 12.1 Å². The minimum atomic E-state index is -1.10. The fourth-order valence-corrected chi connectivity index (χ4v) is 1.69. The van der Waals surface area contributed by atoms with Crippen LogP contribution in [0.25, 0.3) is 0 Å². The standard InChI is InChI=1S/C12H13NO5/c14-11(6-17-7-12(15)16)13-9-1-2-10-8(5-9)3-4-18-10/h1-2,5H,3-4,6-7H2,(H,13,14)(H,15,16). The number of carboxylic acid groups (broad SMARTS) is 1. The molecule has 0 atom stereocenters. The van der Waals surface area contributed by atoms with Crippen molar-refractivity contribution < 1.29 is 24.2 Å². The van der Waals surface area contributed by atoms with Gasteiger partial charge >= 0.3 is 5.97 Å². The summed E-state index contributed by atoms with van der Waals surface area (Å²) in [5, 5.41) is 11.0. The molecule has 0 saturated heterocycles. The van der Waals surface area contributed by atoms with E-state index in [0.29, 0.717) is 12.3 Å². The monoisotopic (exact) mass is 251 g/mol. The number of anilines is 1. The summed E-state index contributed by atoms with van der Waals surface area (Å²) in [4.78, 5) is 21.6. The first-order chi connectivity index (χ1) is 8.65. The van der Waals surface area contributed by atoms with E-state index in [0.717, 1.165) is 17.7 Å². The van der Waals surface area contributed by atoms with E-state index in [4.69, 9.17) is 9.84 Å². The molecule has 0 unspecified atom stereocenters. The smallest absolute Gasteiger partial charge is 0.329 e. The molecule has 0 bridgehead atoms. The van der Waals surface area contributed by atoms with Crippen molar-refractivity contribution >= 4 is 17.6 Å². The molecule has 6 heteroatoms. The van der Waals surface area contributed by atoms with Gasteiger partial charge in [0.1, 0.15) is 19.0 Å². The van der Waals surface area contributed by atoms with Crippen molar-refractivity contribution in [3.63, 3.8) is 0 Å². The van der Waals surface area contributed by atoms with Gasteiger partial charge in [-0.05, 0) is 23.8 Å². The summed E-state index contributed by atoms with van der Waals surface area (Å²) >= 11 is 0. The molecule has 0 spiro atoms. The highest BCUT2D eigenvalue weighted by Gasteiger charge is 2.13. The molecule has 0 aromatic heterocycles. The number of hydrogen-bond acceptors (Lipinski definition) is 4. The zero-order valence-electron chi connectivity index (χ0n) is 9.64. The SMILES string of the molecule is O=C(O)COCC(=O)Nc1ccc2c(c1)CCO2. The molecule has 0 saturated carbocycles. The largest absolute Gasteiger partial charge is 0.493 e. The lowest BCUT2D eigenvalue weighted by atomic mass is 10.1. The van der Waals surface area contributed by atoms with Crippen LogP contribution >= 0.6 is 0 Å². The van der Waals surface area contributed by atoms with Gasteiger partial charge in [0.15, 0.2) is 0 Å². The number of carbonyl (C=O) groups is 2. The highest BCUT2D eigenvalue weighted by Crippen LogP contribution is 2.27. The zero-order valence-corrected chi connectivity index (χ0v) is 9.64.